The lowest BCUT2D eigenvalue weighted by Crippen LogP contribution is -2.47. The van der Waals surface area contributed by atoms with Gasteiger partial charge in [0.1, 0.15) is 17.5 Å². The number of nitrogens with one attached hydrogen (secondary N) is 2. The third kappa shape index (κ3) is 7.01. The van der Waals surface area contributed by atoms with Crippen molar-refractivity contribution in [3.8, 4) is 11.5 Å². The van der Waals surface area contributed by atoms with Crippen molar-refractivity contribution in [3.05, 3.63) is 60.2 Å². The van der Waals surface area contributed by atoms with Crippen molar-refractivity contribution in [2.75, 3.05) is 7.11 Å². The highest BCUT2D eigenvalue weighted by Gasteiger charge is 2.21. The van der Waals surface area contributed by atoms with E-state index in [1.54, 1.807) is 0 Å². The molecule has 27 heavy (non-hydrogen) atoms. The normalized spacial score (nSPS) is 11.6. The van der Waals surface area contributed by atoms with Crippen molar-refractivity contribution in [1.29, 1.82) is 0 Å². The van der Waals surface area contributed by atoms with Crippen LogP contribution < -0.4 is 15.4 Å². The van der Waals surface area contributed by atoms with Gasteiger partial charge in [0, 0.05) is 6.54 Å². The van der Waals surface area contributed by atoms with Gasteiger partial charge in [-0.25, -0.2) is 4.79 Å². The maximum absolute atomic E-state index is 12.4. The molecule has 0 spiro atoms. The lowest BCUT2D eigenvalue weighted by atomic mass is 10.0. The summed E-state index contributed by atoms with van der Waals surface area (Å²) in [4.78, 5) is 23.8. The standard InChI is InChI=1S/C21H26N2O4/c1-15(2)13-19(23-21(25)26-3)20(24)22-14-16-9-11-18(12-10-16)27-17-7-5-4-6-8-17/h4-12,15,19H,13-14H2,1-3H3,(H,22,24)(H,23,25). The third-order valence-electron chi connectivity index (χ3n) is 3.87. The Labute approximate surface area is 159 Å². The zero-order valence-electron chi connectivity index (χ0n) is 15.9. The first kappa shape index (κ1) is 20.3. The van der Waals surface area contributed by atoms with Gasteiger partial charge in [-0.1, -0.05) is 44.2 Å². The number of hydrogen-bond donors (Lipinski definition) is 2. The first-order valence-corrected chi connectivity index (χ1v) is 8.92. The predicted molar refractivity (Wildman–Crippen MR) is 104 cm³/mol. The van der Waals surface area contributed by atoms with Gasteiger partial charge in [-0.3, -0.25) is 4.79 Å². The van der Waals surface area contributed by atoms with Crippen LogP contribution in [0.4, 0.5) is 4.79 Å². The van der Waals surface area contributed by atoms with E-state index in [-0.39, 0.29) is 11.8 Å². The van der Waals surface area contributed by atoms with Crippen LogP contribution in [0.2, 0.25) is 0 Å². The molecule has 2 aromatic rings. The first-order chi connectivity index (χ1) is 13.0. The van der Waals surface area contributed by atoms with E-state index in [0.29, 0.717) is 13.0 Å². The Morgan fingerprint density at radius 3 is 2.19 bits per heavy atom. The van der Waals surface area contributed by atoms with Crippen LogP contribution in [-0.2, 0) is 16.1 Å². The van der Waals surface area contributed by atoms with Gasteiger partial charge in [0.2, 0.25) is 5.91 Å². The lowest BCUT2D eigenvalue weighted by molar-refractivity contribution is -0.123. The molecule has 0 fully saturated rings. The SMILES string of the molecule is COC(=O)NC(CC(C)C)C(=O)NCc1ccc(Oc2ccccc2)cc1. The van der Waals surface area contributed by atoms with E-state index >= 15 is 0 Å². The van der Waals surface area contributed by atoms with Gasteiger partial charge in [0.15, 0.2) is 0 Å². The fraction of sp³-hybridized carbons (Fsp3) is 0.333. The molecule has 0 heterocycles. The molecule has 1 atom stereocenters. The van der Waals surface area contributed by atoms with Crippen molar-refractivity contribution in [2.24, 2.45) is 5.92 Å². The van der Waals surface area contributed by atoms with Crippen molar-refractivity contribution < 1.29 is 19.1 Å². The lowest BCUT2D eigenvalue weighted by Gasteiger charge is -2.19. The molecule has 0 aliphatic carbocycles. The van der Waals surface area contributed by atoms with Crippen LogP contribution >= 0.6 is 0 Å². The molecule has 144 valence electrons. The topological polar surface area (TPSA) is 76.7 Å². The van der Waals surface area contributed by atoms with Crippen LogP contribution in [0.25, 0.3) is 0 Å². The van der Waals surface area contributed by atoms with Crippen molar-refractivity contribution in [1.82, 2.24) is 10.6 Å². The minimum absolute atomic E-state index is 0.237. The molecule has 1 unspecified atom stereocenters. The van der Waals surface area contributed by atoms with E-state index < -0.39 is 12.1 Å². The number of hydrogen-bond acceptors (Lipinski definition) is 4. The summed E-state index contributed by atoms with van der Waals surface area (Å²) in [6, 6.07) is 16.4. The molecule has 2 rings (SSSR count). The highest BCUT2D eigenvalue weighted by Crippen LogP contribution is 2.21. The first-order valence-electron chi connectivity index (χ1n) is 8.92. The highest BCUT2D eigenvalue weighted by atomic mass is 16.5. The Morgan fingerprint density at radius 2 is 1.59 bits per heavy atom. The average molecular weight is 370 g/mol. The molecule has 0 aromatic heterocycles. The van der Waals surface area contributed by atoms with Gasteiger partial charge in [0.05, 0.1) is 7.11 Å². The zero-order chi connectivity index (χ0) is 19.6. The molecular formula is C21H26N2O4. The maximum Gasteiger partial charge on any atom is 0.407 e. The molecule has 0 saturated carbocycles. The van der Waals surface area contributed by atoms with E-state index in [4.69, 9.17) is 4.74 Å². The van der Waals surface area contributed by atoms with Gasteiger partial charge in [0.25, 0.3) is 0 Å². The second-order valence-electron chi connectivity index (χ2n) is 6.59. The maximum atomic E-state index is 12.4. The minimum atomic E-state index is -0.627. The molecule has 0 bridgehead atoms. The summed E-state index contributed by atoms with van der Waals surface area (Å²) >= 11 is 0. The van der Waals surface area contributed by atoms with Gasteiger partial charge < -0.3 is 20.1 Å². The van der Waals surface area contributed by atoms with E-state index in [9.17, 15) is 9.59 Å². The molecule has 6 heteroatoms. The molecule has 0 aliphatic heterocycles. The minimum Gasteiger partial charge on any atom is -0.457 e. The van der Waals surface area contributed by atoms with Gasteiger partial charge in [-0.05, 0) is 42.2 Å². The quantitative estimate of drug-likeness (QED) is 0.740. The Balaban J connectivity index is 1.90. The number of ether oxygens (including phenoxy) is 2. The third-order valence-corrected chi connectivity index (χ3v) is 3.87. The summed E-state index contributed by atoms with van der Waals surface area (Å²) in [5.74, 6) is 1.51. The van der Waals surface area contributed by atoms with Crippen LogP contribution in [0.15, 0.2) is 54.6 Å². The van der Waals surface area contributed by atoms with E-state index in [1.165, 1.54) is 7.11 Å². The van der Waals surface area contributed by atoms with E-state index in [0.717, 1.165) is 17.1 Å². The largest absolute Gasteiger partial charge is 0.457 e. The summed E-state index contributed by atoms with van der Waals surface area (Å²) in [6.07, 6.45) is -0.0802. The molecule has 2 amide bonds. The Kier molecular flexibility index (Phi) is 7.67. The number of methoxy groups -OCH3 is 1. The molecule has 0 saturated heterocycles. The fourth-order valence-corrected chi connectivity index (χ4v) is 2.52. The molecule has 6 nitrogen and oxygen atoms in total. The molecule has 0 aliphatic rings. The monoisotopic (exact) mass is 370 g/mol. The van der Waals surface area contributed by atoms with Crippen molar-refractivity contribution >= 4 is 12.0 Å². The highest BCUT2D eigenvalue weighted by molar-refractivity contribution is 5.85. The zero-order valence-corrected chi connectivity index (χ0v) is 15.9. The van der Waals surface area contributed by atoms with Crippen LogP contribution in [0, 0.1) is 5.92 Å². The second-order valence-corrected chi connectivity index (χ2v) is 6.59. The Bertz CT molecular complexity index is 730. The van der Waals surface area contributed by atoms with Crippen LogP contribution in [0.3, 0.4) is 0 Å². The number of para-hydroxylation sites is 1. The van der Waals surface area contributed by atoms with E-state index in [1.807, 2.05) is 68.4 Å². The molecule has 0 radical (unpaired) electrons. The summed E-state index contributed by atoms with van der Waals surface area (Å²) in [6.45, 7) is 4.34. The van der Waals surface area contributed by atoms with Crippen molar-refractivity contribution in [2.45, 2.75) is 32.9 Å². The van der Waals surface area contributed by atoms with Crippen molar-refractivity contribution in [3.63, 3.8) is 0 Å². The fourth-order valence-electron chi connectivity index (χ4n) is 2.52. The number of carbonyl (C=O) groups excluding carboxylic acids is 2. The number of carbonyl (C=O) groups is 2. The molecule has 2 N–H and O–H groups in total. The number of amides is 2. The molecular weight excluding hydrogens is 344 g/mol. The summed E-state index contributed by atoms with van der Waals surface area (Å²) in [5.41, 5.74) is 0.935. The Hall–Kier alpha value is -3.02. The summed E-state index contributed by atoms with van der Waals surface area (Å²) < 4.78 is 10.3. The summed E-state index contributed by atoms with van der Waals surface area (Å²) in [7, 11) is 1.28. The smallest absolute Gasteiger partial charge is 0.407 e. The average Bonchev–Trinajstić information content (AvgIpc) is 2.67. The number of benzene rings is 2. The van der Waals surface area contributed by atoms with Gasteiger partial charge >= 0.3 is 6.09 Å². The summed E-state index contributed by atoms with van der Waals surface area (Å²) in [5, 5.41) is 5.43. The predicted octanol–water partition coefficient (Wildman–Crippen LogP) is 3.87. The number of rotatable bonds is 8. The Morgan fingerprint density at radius 1 is 0.963 bits per heavy atom. The van der Waals surface area contributed by atoms with Crippen LogP contribution in [0.1, 0.15) is 25.8 Å². The van der Waals surface area contributed by atoms with E-state index in [2.05, 4.69) is 15.4 Å². The second kappa shape index (κ2) is 10.2. The number of alkyl carbamates (subject to hydrolysis) is 1. The van der Waals surface area contributed by atoms with Crippen LogP contribution in [0.5, 0.6) is 11.5 Å². The van der Waals surface area contributed by atoms with Crippen LogP contribution in [-0.4, -0.2) is 25.2 Å². The molecule has 2 aromatic carbocycles. The van der Waals surface area contributed by atoms with Gasteiger partial charge in [-0.15, -0.1) is 0 Å². The van der Waals surface area contributed by atoms with Gasteiger partial charge in [-0.2, -0.15) is 0 Å².